The van der Waals surface area contributed by atoms with Crippen molar-refractivity contribution in [1.82, 2.24) is 0 Å². The summed E-state index contributed by atoms with van der Waals surface area (Å²) in [6, 6.07) is 0. The van der Waals surface area contributed by atoms with Crippen molar-refractivity contribution in [2.45, 2.75) is 228 Å². The van der Waals surface area contributed by atoms with Gasteiger partial charge < -0.3 is 104 Å². The minimum Gasteiger partial charge on any atom is -0.486 e. The molecule has 0 aromatic rings. The van der Waals surface area contributed by atoms with Crippen LogP contribution in [0.3, 0.4) is 0 Å². The molecule has 5 aliphatic heterocycles. The summed E-state index contributed by atoms with van der Waals surface area (Å²) in [5.74, 6) is 1.14. The molecule has 22 nitrogen and oxygen atoms in total. The van der Waals surface area contributed by atoms with Crippen LogP contribution in [-0.2, 0) is 47.4 Å². The van der Waals surface area contributed by atoms with Gasteiger partial charge in [-0.1, -0.05) is 32.4 Å². The first-order valence-corrected chi connectivity index (χ1v) is 26.3. The van der Waals surface area contributed by atoms with Crippen molar-refractivity contribution in [3.8, 4) is 0 Å². The number of aliphatic hydroxyl groups excluding tert-OH is 12. The van der Waals surface area contributed by atoms with Crippen LogP contribution in [0.4, 0.5) is 0 Å². The van der Waals surface area contributed by atoms with E-state index in [4.69, 9.17) is 42.6 Å². The van der Waals surface area contributed by atoms with Crippen molar-refractivity contribution in [2.24, 2.45) is 40.4 Å². The molecule has 0 aromatic heterocycles. The molecule has 0 aromatic carbocycles. The number of ether oxygens (including phenoxy) is 9. The van der Waals surface area contributed by atoms with Gasteiger partial charge in [0.05, 0.1) is 38.1 Å². The lowest BCUT2D eigenvalue weighted by molar-refractivity contribution is -0.388. The number of hydrogen-bond acceptors (Lipinski definition) is 22. The molecule has 5 heterocycles. The second-order valence-corrected chi connectivity index (χ2v) is 23.2. The molecule has 29 unspecified atom stereocenters. The van der Waals surface area contributed by atoms with Crippen LogP contribution in [0, 0.1) is 40.4 Å². The highest BCUT2D eigenvalue weighted by molar-refractivity contribution is 5.94. The normalized spacial score (nSPS) is 52.3. The Labute approximate surface area is 424 Å². The summed E-state index contributed by atoms with van der Waals surface area (Å²) in [4.78, 5) is 13.8. The molecule has 4 saturated heterocycles. The maximum absolute atomic E-state index is 13.8. The zero-order valence-electron chi connectivity index (χ0n) is 42.4. The Balaban J connectivity index is 0.859. The fraction of sp³-hybridized carbons (Fsp3) is 0.902. The minimum atomic E-state index is -1.75. The summed E-state index contributed by atoms with van der Waals surface area (Å²) in [7, 11) is 0. The highest BCUT2D eigenvalue weighted by Crippen LogP contribution is 2.69. The molecular formula is C51H80O22. The van der Waals surface area contributed by atoms with Crippen molar-refractivity contribution < 1.29 is 109 Å². The predicted octanol–water partition coefficient (Wildman–Crippen LogP) is -1.85. The van der Waals surface area contributed by atoms with Gasteiger partial charge in [0.2, 0.25) is 0 Å². The maximum Gasteiger partial charge on any atom is 0.197 e. The molecule has 3 saturated carbocycles. The van der Waals surface area contributed by atoms with Gasteiger partial charge in [-0.2, -0.15) is 0 Å². The summed E-state index contributed by atoms with van der Waals surface area (Å²) in [5.41, 5.74) is 1.97. The molecular weight excluding hydrogens is 965 g/mol. The first-order chi connectivity index (χ1) is 34.5. The van der Waals surface area contributed by atoms with Gasteiger partial charge in [0.15, 0.2) is 36.7 Å². The number of carbonyl (C=O) groups excluding carboxylic acids is 1. The summed E-state index contributed by atoms with van der Waals surface area (Å²) < 4.78 is 54.4. The topological polar surface area (TPSA) is 343 Å². The SMILES string of the molecule is CC1=C(C(=O)CC(C)COC2OC(CO)C(O)C(O)C2O)OC2CC3C4CC=C5CC(OC6OC(CO)C(OC7OC(C)C(O)C(O)C7O)C(O)C6OC6OC(C)C(O)C(O)C6O)CCC5(C)C4CCC3(C)C12. The van der Waals surface area contributed by atoms with Gasteiger partial charge in [0, 0.05) is 12.3 Å². The van der Waals surface area contributed by atoms with Crippen molar-refractivity contribution in [1.29, 1.82) is 0 Å². The highest BCUT2D eigenvalue weighted by Gasteiger charge is 2.64. The van der Waals surface area contributed by atoms with E-state index in [2.05, 4.69) is 19.9 Å². The third-order valence-corrected chi connectivity index (χ3v) is 18.7. The van der Waals surface area contributed by atoms with E-state index < -0.39 is 142 Å². The largest absolute Gasteiger partial charge is 0.486 e. The third kappa shape index (κ3) is 10.0. The fourth-order valence-electron chi connectivity index (χ4n) is 14.4. The van der Waals surface area contributed by atoms with Crippen molar-refractivity contribution in [3.05, 3.63) is 23.0 Å². The molecule has 0 spiro atoms. The molecule has 9 aliphatic rings. The molecule has 29 atom stereocenters. The van der Waals surface area contributed by atoms with E-state index >= 15 is 0 Å². The van der Waals surface area contributed by atoms with Crippen LogP contribution in [-0.4, -0.2) is 222 Å². The zero-order chi connectivity index (χ0) is 52.7. The lowest BCUT2D eigenvalue weighted by Gasteiger charge is -2.58. The quantitative estimate of drug-likeness (QED) is 0.0850. The Morgan fingerprint density at radius 3 is 1.90 bits per heavy atom. The van der Waals surface area contributed by atoms with E-state index in [0.717, 1.165) is 37.7 Å². The number of hydrogen-bond donors (Lipinski definition) is 12. The van der Waals surface area contributed by atoms with Crippen LogP contribution >= 0.6 is 0 Å². The lowest BCUT2D eigenvalue weighted by Crippen LogP contribution is -2.66. The van der Waals surface area contributed by atoms with Crippen LogP contribution in [0.2, 0.25) is 0 Å². The number of carbonyl (C=O) groups is 1. The molecule has 12 N–H and O–H groups in total. The number of aliphatic hydroxyl groups is 12. The average Bonchev–Trinajstić information content (AvgIpc) is 3.86. The van der Waals surface area contributed by atoms with Crippen LogP contribution in [0.1, 0.15) is 92.9 Å². The van der Waals surface area contributed by atoms with E-state index in [9.17, 15) is 66.1 Å². The summed E-state index contributed by atoms with van der Waals surface area (Å²) in [6.07, 6.45) is -21.7. The van der Waals surface area contributed by atoms with Gasteiger partial charge in [-0.05, 0) is 106 Å². The molecule has 0 radical (unpaired) electrons. The number of allylic oxidation sites excluding steroid dienone is 2. The van der Waals surface area contributed by atoms with E-state index in [-0.39, 0.29) is 47.6 Å². The van der Waals surface area contributed by atoms with Gasteiger partial charge in [0.25, 0.3) is 0 Å². The molecule has 416 valence electrons. The third-order valence-electron chi connectivity index (χ3n) is 18.7. The van der Waals surface area contributed by atoms with Gasteiger partial charge in [0.1, 0.15) is 91.6 Å². The first-order valence-electron chi connectivity index (χ1n) is 26.3. The average molecular weight is 1050 g/mol. The number of rotatable bonds is 14. The highest BCUT2D eigenvalue weighted by atomic mass is 16.8. The van der Waals surface area contributed by atoms with Crippen LogP contribution in [0.15, 0.2) is 23.0 Å². The van der Waals surface area contributed by atoms with Crippen molar-refractivity contribution >= 4 is 5.78 Å². The fourth-order valence-corrected chi connectivity index (χ4v) is 14.4. The Bertz CT molecular complexity index is 2010. The van der Waals surface area contributed by atoms with E-state index in [1.54, 1.807) is 0 Å². The summed E-state index contributed by atoms with van der Waals surface area (Å²) in [6.45, 7) is 10.2. The molecule has 7 fully saturated rings. The second kappa shape index (κ2) is 21.8. The molecule has 22 heteroatoms. The minimum absolute atomic E-state index is 0.0194. The van der Waals surface area contributed by atoms with E-state index in [1.807, 2.05) is 13.8 Å². The number of ketones is 1. The molecule has 0 bridgehead atoms. The van der Waals surface area contributed by atoms with Crippen molar-refractivity contribution in [3.63, 3.8) is 0 Å². The van der Waals surface area contributed by atoms with Crippen LogP contribution < -0.4 is 0 Å². The van der Waals surface area contributed by atoms with Crippen LogP contribution in [0.25, 0.3) is 0 Å². The predicted molar refractivity (Wildman–Crippen MR) is 248 cm³/mol. The van der Waals surface area contributed by atoms with E-state index in [0.29, 0.717) is 36.4 Å². The van der Waals surface area contributed by atoms with Crippen LogP contribution in [0.5, 0.6) is 0 Å². The summed E-state index contributed by atoms with van der Waals surface area (Å²) >= 11 is 0. The Hall–Kier alpha value is -1.85. The Morgan fingerprint density at radius 1 is 0.685 bits per heavy atom. The Kier molecular flexibility index (Phi) is 16.7. The number of Topliss-reactive ketones (excluding diaryl/α,β-unsaturated/α-hetero) is 1. The lowest BCUT2D eigenvalue weighted by atomic mass is 9.47. The molecule has 0 amide bonds. The van der Waals surface area contributed by atoms with Gasteiger partial charge >= 0.3 is 0 Å². The first kappa shape index (κ1) is 55.9. The van der Waals surface area contributed by atoms with Gasteiger partial charge in [-0.25, -0.2) is 0 Å². The molecule has 4 aliphatic carbocycles. The zero-order valence-corrected chi connectivity index (χ0v) is 42.4. The van der Waals surface area contributed by atoms with E-state index in [1.165, 1.54) is 19.4 Å². The number of fused-ring (bicyclic) bond motifs is 7. The molecule has 9 rings (SSSR count). The molecule has 73 heavy (non-hydrogen) atoms. The second-order valence-electron chi connectivity index (χ2n) is 23.2. The monoisotopic (exact) mass is 1040 g/mol. The maximum atomic E-state index is 13.8. The van der Waals surface area contributed by atoms with Gasteiger partial charge in [-0.15, -0.1) is 0 Å². The smallest absolute Gasteiger partial charge is 0.197 e. The summed E-state index contributed by atoms with van der Waals surface area (Å²) in [5, 5.41) is 126. The Morgan fingerprint density at radius 2 is 1.27 bits per heavy atom. The van der Waals surface area contributed by atoms with Gasteiger partial charge in [-0.3, -0.25) is 4.79 Å². The standard InChI is InChI=1S/C51H80O22/c1-19(18-65-46-39(61)38(60)35(57)30(16-52)70-46)13-28(54)43-20(2)32-29(69-43)15-27-25-8-7-23-14-24(9-11-50(23,5)26(25)10-12-51(27,32)6)68-49-45(73-48-41(63)37(59)34(56)22(4)67-48)42(64)44(31(17-53)71-49)72-47-40(62)36(58)33(55)21(3)66-47/h7,19,21-22,24-27,29-42,44-49,52-53,55-64H,8-18H2,1-6H3. The van der Waals surface area contributed by atoms with Crippen molar-refractivity contribution in [2.75, 3.05) is 19.8 Å².